The fraction of sp³-hybridized carbons (Fsp3) is 0.909. The van der Waals surface area contributed by atoms with Gasteiger partial charge in [-0.2, -0.15) is 0 Å². The average Bonchev–Trinajstić information content (AvgIpc) is 2.44. The monoisotopic (exact) mass is 213 g/mol. The third-order valence-corrected chi connectivity index (χ3v) is 3.31. The van der Waals surface area contributed by atoms with Crippen LogP contribution in [0.2, 0.25) is 0 Å². The van der Waals surface area contributed by atoms with E-state index in [0.717, 1.165) is 25.8 Å². The van der Waals surface area contributed by atoms with Gasteiger partial charge in [0.05, 0.1) is 6.04 Å². The second kappa shape index (κ2) is 6.08. The Morgan fingerprint density at radius 2 is 2.20 bits per heavy atom. The SMILES string of the molecule is CCC(C(N)=O)N1CCCCCC1CN. The number of carbonyl (C=O) groups is 1. The molecule has 0 radical (unpaired) electrons. The van der Waals surface area contributed by atoms with Crippen LogP contribution in [0.3, 0.4) is 0 Å². The molecule has 1 amide bonds. The Kier molecular flexibility index (Phi) is 5.05. The zero-order valence-corrected chi connectivity index (χ0v) is 9.61. The first-order valence-corrected chi connectivity index (χ1v) is 5.95. The van der Waals surface area contributed by atoms with E-state index in [2.05, 4.69) is 4.90 Å². The van der Waals surface area contributed by atoms with Crippen LogP contribution in [0.15, 0.2) is 0 Å². The summed E-state index contributed by atoms with van der Waals surface area (Å²) in [5.74, 6) is -0.210. The van der Waals surface area contributed by atoms with E-state index in [1.807, 2.05) is 6.92 Å². The number of hydrogen-bond donors (Lipinski definition) is 2. The molecular weight excluding hydrogens is 190 g/mol. The second-order valence-electron chi connectivity index (χ2n) is 4.30. The molecule has 0 saturated carbocycles. The van der Waals surface area contributed by atoms with Crippen molar-refractivity contribution in [3.8, 4) is 0 Å². The third kappa shape index (κ3) is 3.18. The van der Waals surface area contributed by atoms with Gasteiger partial charge >= 0.3 is 0 Å². The molecule has 0 aliphatic carbocycles. The first-order chi connectivity index (χ1) is 7.20. The summed E-state index contributed by atoms with van der Waals surface area (Å²) in [4.78, 5) is 13.6. The van der Waals surface area contributed by atoms with Gasteiger partial charge in [-0.15, -0.1) is 0 Å². The largest absolute Gasteiger partial charge is 0.368 e. The summed E-state index contributed by atoms with van der Waals surface area (Å²) in [6, 6.07) is 0.210. The lowest BCUT2D eigenvalue weighted by atomic mass is 10.1. The van der Waals surface area contributed by atoms with E-state index in [1.165, 1.54) is 12.8 Å². The predicted molar refractivity (Wildman–Crippen MR) is 61.3 cm³/mol. The van der Waals surface area contributed by atoms with Crippen molar-refractivity contribution in [3.63, 3.8) is 0 Å². The minimum Gasteiger partial charge on any atom is -0.368 e. The normalized spacial score (nSPS) is 25.9. The number of nitrogens with two attached hydrogens (primary N) is 2. The number of hydrogen-bond acceptors (Lipinski definition) is 3. The maximum absolute atomic E-state index is 11.3. The van der Waals surface area contributed by atoms with Gasteiger partial charge < -0.3 is 11.5 Å². The van der Waals surface area contributed by atoms with Crippen LogP contribution in [0.4, 0.5) is 0 Å². The molecule has 1 fully saturated rings. The topological polar surface area (TPSA) is 72.4 Å². The fourth-order valence-electron chi connectivity index (χ4n) is 2.46. The van der Waals surface area contributed by atoms with Crippen LogP contribution in [0.25, 0.3) is 0 Å². The van der Waals surface area contributed by atoms with Crippen molar-refractivity contribution in [2.24, 2.45) is 11.5 Å². The highest BCUT2D eigenvalue weighted by molar-refractivity contribution is 5.79. The van der Waals surface area contributed by atoms with Gasteiger partial charge in [-0.1, -0.05) is 19.8 Å². The molecule has 4 heteroatoms. The molecule has 4 N–H and O–H groups in total. The van der Waals surface area contributed by atoms with E-state index in [4.69, 9.17) is 11.5 Å². The molecule has 0 aromatic carbocycles. The van der Waals surface area contributed by atoms with Gasteiger partial charge in [0.1, 0.15) is 0 Å². The summed E-state index contributed by atoms with van der Waals surface area (Å²) in [6.07, 6.45) is 5.49. The molecule has 0 aromatic heterocycles. The lowest BCUT2D eigenvalue weighted by Gasteiger charge is -2.34. The van der Waals surface area contributed by atoms with Crippen molar-refractivity contribution in [3.05, 3.63) is 0 Å². The highest BCUT2D eigenvalue weighted by atomic mass is 16.1. The van der Waals surface area contributed by atoms with Crippen molar-refractivity contribution in [2.75, 3.05) is 13.1 Å². The van der Waals surface area contributed by atoms with E-state index in [9.17, 15) is 4.79 Å². The molecule has 1 rings (SSSR count). The molecule has 0 spiro atoms. The summed E-state index contributed by atoms with van der Waals surface area (Å²) in [6.45, 7) is 3.60. The van der Waals surface area contributed by atoms with Crippen LogP contribution in [-0.4, -0.2) is 36.0 Å². The molecule has 88 valence electrons. The first-order valence-electron chi connectivity index (χ1n) is 5.95. The average molecular weight is 213 g/mol. The Labute approximate surface area is 92.0 Å². The maximum Gasteiger partial charge on any atom is 0.234 e. The fourth-order valence-corrected chi connectivity index (χ4v) is 2.46. The zero-order valence-electron chi connectivity index (χ0n) is 9.61. The number of carbonyl (C=O) groups excluding carboxylic acids is 1. The van der Waals surface area contributed by atoms with Gasteiger partial charge in [0, 0.05) is 12.6 Å². The van der Waals surface area contributed by atoms with Crippen molar-refractivity contribution in [1.29, 1.82) is 0 Å². The quantitative estimate of drug-likeness (QED) is 0.712. The third-order valence-electron chi connectivity index (χ3n) is 3.31. The van der Waals surface area contributed by atoms with Crippen LogP contribution in [0.1, 0.15) is 39.0 Å². The Hall–Kier alpha value is -0.610. The van der Waals surface area contributed by atoms with Gasteiger partial charge in [-0.3, -0.25) is 9.69 Å². The summed E-state index contributed by atoms with van der Waals surface area (Å²) < 4.78 is 0. The van der Waals surface area contributed by atoms with E-state index in [0.29, 0.717) is 12.6 Å². The van der Waals surface area contributed by atoms with Gasteiger partial charge in [0.2, 0.25) is 5.91 Å². The lowest BCUT2D eigenvalue weighted by Crippen LogP contribution is -2.51. The number of likely N-dealkylation sites (tertiary alicyclic amines) is 1. The molecule has 1 saturated heterocycles. The van der Waals surface area contributed by atoms with Crippen LogP contribution in [0.5, 0.6) is 0 Å². The van der Waals surface area contributed by atoms with E-state index in [-0.39, 0.29) is 11.9 Å². The van der Waals surface area contributed by atoms with Gasteiger partial charge in [0.25, 0.3) is 0 Å². The molecule has 4 nitrogen and oxygen atoms in total. The summed E-state index contributed by atoms with van der Waals surface area (Å²) in [5, 5.41) is 0. The van der Waals surface area contributed by atoms with Crippen LogP contribution in [0, 0.1) is 0 Å². The number of nitrogens with zero attached hydrogens (tertiary/aromatic N) is 1. The van der Waals surface area contributed by atoms with E-state index < -0.39 is 0 Å². The summed E-state index contributed by atoms with van der Waals surface area (Å²) >= 11 is 0. The van der Waals surface area contributed by atoms with Gasteiger partial charge in [-0.25, -0.2) is 0 Å². The maximum atomic E-state index is 11.3. The Morgan fingerprint density at radius 1 is 1.47 bits per heavy atom. The van der Waals surface area contributed by atoms with Crippen molar-refractivity contribution < 1.29 is 4.79 Å². The molecule has 1 heterocycles. The Balaban J connectivity index is 2.71. The Morgan fingerprint density at radius 3 is 2.73 bits per heavy atom. The minimum atomic E-state index is -0.210. The molecular formula is C11H23N3O. The van der Waals surface area contributed by atoms with E-state index in [1.54, 1.807) is 0 Å². The van der Waals surface area contributed by atoms with Gasteiger partial charge in [-0.05, 0) is 25.8 Å². The lowest BCUT2D eigenvalue weighted by molar-refractivity contribution is -0.124. The van der Waals surface area contributed by atoms with Crippen molar-refractivity contribution in [2.45, 2.75) is 51.1 Å². The van der Waals surface area contributed by atoms with Crippen molar-refractivity contribution >= 4 is 5.91 Å². The molecule has 1 aliphatic rings. The standard InChI is InChI=1S/C11H23N3O/c1-2-10(11(13)15)14-7-5-3-4-6-9(14)8-12/h9-10H,2-8,12H2,1H3,(H2,13,15). The van der Waals surface area contributed by atoms with Crippen molar-refractivity contribution in [1.82, 2.24) is 4.90 Å². The molecule has 2 unspecified atom stereocenters. The number of rotatable bonds is 4. The predicted octanol–water partition coefficient (Wildman–Crippen LogP) is 0.454. The van der Waals surface area contributed by atoms with Crippen LogP contribution < -0.4 is 11.5 Å². The minimum absolute atomic E-state index is 0.128. The number of amides is 1. The van der Waals surface area contributed by atoms with Crippen LogP contribution in [-0.2, 0) is 4.79 Å². The zero-order chi connectivity index (χ0) is 11.3. The summed E-state index contributed by atoms with van der Waals surface area (Å²) in [5.41, 5.74) is 11.2. The molecule has 0 aromatic rings. The smallest absolute Gasteiger partial charge is 0.234 e. The van der Waals surface area contributed by atoms with Crippen LogP contribution >= 0.6 is 0 Å². The molecule has 0 bridgehead atoms. The number of primary amides is 1. The Bertz CT molecular complexity index is 208. The molecule has 1 aliphatic heterocycles. The highest BCUT2D eigenvalue weighted by Gasteiger charge is 2.28. The first kappa shape index (κ1) is 12.5. The highest BCUT2D eigenvalue weighted by Crippen LogP contribution is 2.19. The molecule has 15 heavy (non-hydrogen) atoms. The van der Waals surface area contributed by atoms with Gasteiger partial charge in [0.15, 0.2) is 0 Å². The summed E-state index contributed by atoms with van der Waals surface area (Å²) in [7, 11) is 0. The van der Waals surface area contributed by atoms with E-state index >= 15 is 0 Å². The second-order valence-corrected chi connectivity index (χ2v) is 4.30. The molecule has 2 atom stereocenters.